The van der Waals surface area contributed by atoms with Gasteiger partial charge in [-0.05, 0) is 30.9 Å². The van der Waals surface area contributed by atoms with Gasteiger partial charge in [0.25, 0.3) is 5.56 Å². The van der Waals surface area contributed by atoms with Crippen LogP contribution < -0.4 is 5.56 Å². The first-order valence-electron chi connectivity index (χ1n) is 6.03. The number of hydrogen-bond donors (Lipinski definition) is 1. The monoisotopic (exact) mass is 288 g/mol. The van der Waals surface area contributed by atoms with Crippen molar-refractivity contribution in [3.05, 3.63) is 38.6 Å². The Morgan fingerprint density at radius 2 is 2.15 bits per heavy atom. The Morgan fingerprint density at radius 1 is 1.40 bits per heavy atom. The molecule has 102 valence electrons. The molecule has 0 aliphatic carbocycles. The number of thiophene rings is 1. The third kappa shape index (κ3) is 1.65. The molecule has 0 saturated carbocycles. The van der Waals surface area contributed by atoms with Gasteiger partial charge in [0.2, 0.25) is 0 Å². The van der Waals surface area contributed by atoms with Crippen molar-refractivity contribution in [2.75, 3.05) is 7.11 Å². The zero-order chi connectivity index (χ0) is 14.4. The molecule has 0 spiro atoms. The fourth-order valence-corrected chi connectivity index (χ4v) is 3.27. The normalized spacial score (nSPS) is 11.2. The van der Waals surface area contributed by atoms with E-state index in [1.54, 1.807) is 13.8 Å². The fourth-order valence-electron chi connectivity index (χ4n) is 2.49. The molecule has 0 saturated heterocycles. The number of ether oxygens (including phenoxy) is 1. The topological polar surface area (TPSA) is 72.0 Å². The summed E-state index contributed by atoms with van der Waals surface area (Å²) >= 11 is 1.46. The smallest absolute Gasteiger partial charge is 0.340 e. The van der Waals surface area contributed by atoms with E-state index in [0.29, 0.717) is 27.7 Å². The van der Waals surface area contributed by atoms with E-state index < -0.39 is 5.97 Å². The summed E-state index contributed by atoms with van der Waals surface area (Å²) in [5, 5.41) is 3.25. The molecule has 0 unspecified atom stereocenters. The molecule has 5 nitrogen and oxygen atoms in total. The summed E-state index contributed by atoms with van der Waals surface area (Å²) in [5.74, 6) is -0.473. The molecule has 0 radical (unpaired) electrons. The highest BCUT2D eigenvalue weighted by atomic mass is 32.1. The van der Waals surface area contributed by atoms with Crippen LogP contribution in [-0.2, 0) is 4.74 Å². The molecule has 0 fully saturated rings. The number of nitrogens with one attached hydrogen (secondary N) is 1. The Kier molecular flexibility index (Phi) is 2.83. The second-order valence-corrected chi connectivity index (χ2v) is 5.45. The molecule has 0 bridgehead atoms. The van der Waals surface area contributed by atoms with Gasteiger partial charge in [-0.15, -0.1) is 11.3 Å². The number of nitrogens with zero attached hydrogens (tertiary/aromatic N) is 1. The van der Waals surface area contributed by atoms with Crippen molar-refractivity contribution in [1.29, 1.82) is 0 Å². The van der Waals surface area contributed by atoms with E-state index in [4.69, 9.17) is 4.74 Å². The molecule has 1 N–H and O–H groups in total. The van der Waals surface area contributed by atoms with Crippen molar-refractivity contribution >= 4 is 38.4 Å². The molecule has 3 rings (SSSR count). The Balaban J connectivity index is 2.56. The van der Waals surface area contributed by atoms with Crippen LogP contribution in [0.3, 0.4) is 0 Å². The van der Waals surface area contributed by atoms with E-state index >= 15 is 0 Å². The van der Waals surface area contributed by atoms with Crippen LogP contribution in [0.25, 0.3) is 21.1 Å². The van der Waals surface area contributed by atoms with Crippen molar-refractivity contribution in [2.45, 2.75) is 13.8 Å². The lowest BCUT2D eigenvalue weighted by Crippen LogP contribution is -2.14. The van der Waals surface area contributed by atoms with Gasteiger partial charge in [-0.3, -0.25) is 9.78 Å². The maximum absolute atomic E-state index is 12.2. The summed E-state index contributed by atoms with van der Waals surface area (Å²) in [7, 11) is 1.32. The number of aryl methyl sites for hydroxylation is 2. The van der Waals surface area contributed by atoms with E-state index in [9.17, 15) is 9.59 Å². The molecule has 0 aliphatic heterocycles. The van der Waals surface area contributed by atoms with Crippen LogP contribution in [0.4, 0.5) is 0 Å². The zero-order valence-corrected chi connectivity index (χ0v) is 12.1. The first-order chi connectivity index (χ1) is 9.54. The minimum Gasteiger partial charge on any atom is -0.465 e. The Hall–Kier alpha value is -2.21. The van der Waals surface area contributed by atoms with Gasteiger partial charge in [0.05, 0.1) is 29.3 Å². The number of carbonyl (C=O) groups excluding carboxylic acids is 1. The molecular weight excluding hydrogens is 276 g/mol. The van der Waals surface area contributed by atoms with Crippen molar-refractivity contribution in [1.82, 2.24) is 9.97 Å². The third-order valence-electron chi connectivity index (χ3n) is 3.39. The standard InChI is InChI=1S/C14H12N2O3S/c1-6-9(14(18)19-3)7(2)15-11-8-4-5-20-13(8)16-12(17)10(6)11/h4-5H,1-3H3,(H,16,17). The fraction of sp³-hybridized carbons (Fsp3) is 0.214. The maximum atomic E-state index is 12.2. The zero-order valence-electron chi connectivity index (χ0n) is 11.2. The van der Waals surface area contributed by atoms with E-state index in [1.807, 2.05) is 11.4 Å². The van der Waals surface area contributed by atoms with Crippen molar-refractivity contribution in [3.63, 3.8) is 0 Å². The largest absolute Gasteiger partial charge is 0.465 e. The maximum Gasteiger partial charge on any atom is 0.340 e. The predicted octanol–water partition coefficient (Wildman–Crippen LogP) is 2.54. The molecule has 0 amide bonds. The average Bonchev–Trinajstić information content (AvgIpc) is 2.86. The van der Waals surface area contributed by atoms with E-state index in [-0.39, 0.29) is 5.56 Å². The minimum absolute atomic E-state index is 0.231. The Bertz CT molecular complexity index is 908. The van der Waals surface area contributed by atoms with E-state index in [0.717, 1.165) is 10.2 Å². The van der Waals surface area contributed by atoms with Gasteiger partial charge in [0, 0.05) is 5.39 Å². The highest BCUT2D eigenvalue weighted by Crippen LogP contribution is 2.28. The number of fused-ring (bicyclic) bond motifs is 3. The van der Waals surface area contributed by atoms with Crippen molar-refractivity contribution in [3.8, 4) is 0 Å². The number of hydrogen-bond acceptors (Lipinski definition) is 5. The number of esters is 1. The summed E-state index contributed by atoms with van der Waals surface area (Å²) < 4.78 is 4.77. The van der Waals surface area contributed by atoms with Crippen LogP contribution >= 0.6 is 11.3 Å². The number of carbonyl (C=O) groups is 1. The van der Waals surface area contributed by atoms with Crippen LogP contribution in [-0.4, -0.2) is 23.0 Å². The summed E-state index contributed by atoms with van der Waals surface area (Å²) in [4.78, 5) is 32.2. The van der Waals surface area contributed by atoms with Crippen LogP contribution in [0.2, 0.25) is 0 Å². The SMILES string of the molecule is COC(=O)c1c(C)nc2c(c1C)c(=O)[nH]c1sccc12. The molecule has 0 aromatic carbocycles. The number of aromatic amines is 1. The highest BCUT2D eigenvalue weighted by Gasteiger charge is 2.20. The number of H-pyrrole nitrogens is 1. The van der Waals surface area contributed by atoms with Gasteiger partial charge in [-0.25, -0.2) is 4.79 Å². The summed E-state index contributed by atoms with van der Waals surface area (Å²) in [6, 6.07) is 1.92. The summed E-state index contributed by atoms with van der Waals surface area (Å²) in [6.45, 7) is 3.49. The van der Waals surface area contributed by atoms with Gasteiger partial charge in [0.15, 0.2) is 0 Å². The number of rotatable bonds is 1. The number of aromatic nitrogens is 2. The second-order valence-electron chi connectivity index (χ2n) is 4.53. The molecule has 20 heavy (non-hydrogen) atoms. The van der Waals surface area contributed by atoms with Gasteiger partial charge in [-0.1, -0.05) is 0 Å². The van der Waals surface area contributed by atoms with Crippen LogP contribution in [0.5, 0.6) is 0 Å². The summed E-state index contributed by atoms with van der Waals surface area (Å²) in [6.07, 6.45) is 0. The first kappa shape index (κ1) is 12.8. The molecular formula is C14H12N2O3S. The Morgan fingerprint density at radius 3 is 2.85 bits per heavy atom. The quantitative estimate of drug-likeness (QED) is 0.698. The first-order valence-corrected chi connectivity index (χ1v) is 6.91. The number of methoxy groups -OCH3 is 1. The van der Waals surface area contributed by atoms with E-state index in [1.165, 1.54) is 18.4 Å². The highest BCUT2D eigenvalue weighted by molar-refractivity contribution is 7.16. The van der Waals surface area contributed by atoms with Gasteiger partial charge in [0.1, 0.15) is 4.83 Å². The van der Waals surface area contributed by atoms with Crippen LogP contribution in [0.15, 0.2) is 16.2 Å². The molecule has 0 atom stereocenters. The molecule has 0 aliphatic rings. The Labute approximate surface area is 118 Å². The van der Waals surface area contributed by atoms with Gasteiger partial charge in [-0.2, -0.15) is 0 Å². The lowest BCUT2D eigenvalue weighted by Gasteiger charge is -2.10. The van der Waals surface area contributed by atoms with Crippen molar-refractivity contribution < 1.29 is 9.53 Å². The predicted molar refractivity (Wildman–Crippen MR) is 78.6 cm³/mol. The lowest BCUT2D eigenvalue weighted by molar-refractivity contribution is 0.0599. The van der Waals surface area contributed by atoms with Gasteiger partial charge < -0.3 is 9.72 Å². The van der Waals surface area contributed by atoms with Crippen LogP contribution in [0.1, 0.15) is 21.6 Å². The molecule has 6 heteroatoms. The average molecular weight is 288 g/mol. The van der Waals surface area contributed by atoms with Gasteiger partial charge >= 0.3 is 5.97 Å². The number of pyridine rings is 2. The summed E-state index contributed by atoms with van der Waals surface area (Å²) in [5.41, 5.74) is 1.94. The molecule has 3 aromatic heterocycles. The molecule has 3 aromatic rings. The van der Waals surface area contributed by atoms with Crippen molar-refractivity contribution in [2.24, 2.45) is 0 Å². The third-order valence-corrected chi connectivity index (χ3v) is 4.22. The van der Waals surface area contributed by atoms with Crippen LogP contribution in [0, 0.1) is 13.8 Å². The lowest BCUT2D eigenvalue weighted by atomic mass is 10.0. The minimum atomic E-state index is -0.473. The second kappa shape index (κ2) is 4.42. The van der Waals surface area contributed by atoms with E-state index in [2.05, 4.69) is 9.97 Å². The molecule has 3 heterocycles.